The molecular weight excluding hydrogens is 574 g/mol. The van der Waals surface area contributed by atoms with Crippen molar-refractivity contribution in [1.29, 1.82) is 0 Å². The minimum atomic E-state index is -0.561. The molecule has 0 atom stereocenters. The number of nitrogens with one attached hydrogen (secondary N) is 2. The third kappa shape index (κ3) is 8.67. The molecule has 12 nitrogen and oxygen atoms in total. The van der Waals surface area contributed by atoms with E-state index in [0.29, 0.717) is 32.7 Å². The lowest BCUT2D eigenvalue weighted by molar-refractivity contribution is -0.125. The van der Waals surface area contributed by atoms with E-state index in [2.05, 4.69) is 20.9 Å². The normalized spacial score (nSPS) is 12.5. The quantitative estimate of drug-likeness (QED) is 0.274. The zero-order valence-electron chi connectivity index (χ0n) is 27.1. The number of ether oxygens (including phenoxy) is 2. The van der Waals surface area contributed by atoms with Gasteiger partial charge < -0.3 is 29.9 Å². The van der Waals surface area contributed by atoms with Crippen LogP contribution in [0.25, 0.3) is 22.5 Å². The molecule has 12 heteroatoms. The molecule has 0 saturated heterocycles. The molecule has 0 bridgehead atoms. The lowest BCUT2D eigenvalue weighted by Gasteiger charge is -2.29. The number of carbonyl (C=O) groups is 3. The van der Waals surface area contributed by atoms with E-state index >= 15 is 0 Å². The third-order valence-corrected chi connectivity index (χ3v) is 7.67. The number of para-hydroxylation sites is 1. The maximum atomic E-state index is 13.8. The van der Waals surface area contributed by atoms with Gasteiger partial charge in [-0.25, -0.2) is 9.48 Å². The lowest BCUT2D eigenvalue weighted by atomic mass is 9.95. The van der Waals surface area contributed by atoms with Gasteiger partial charge in [-0.15, -0.1) is 5.10 Å². The van der Waals surface area contributed by atoms with Crippen LogP contribution in [0.15, 0.2) is 48.5 Å². The summed E-state index contributed by atoms with van der Waals surface area (Å²) < 4.78 is 13.5. The van der Waals surface area contributed by atoms with Crippen LogP contribution in [-0.4, -0.2) is 83.4 Å². The average molecular weight is 620 g/mol. The molecule has 4 amide bonds. The SMILES string of the molecule is CNC(=O)N(C)COC(C)(C)CCNC(=O)CCC(=O)N1Cc2ccccc2-c2nnn(CCOC(C)C)c2-c2ccccc21. The standard InChI is InChI=1S/C33H45N7O5/c1-23(2)44-20-19-40-31-26-13-9-10-14-27(26)39(21-24-11-7-8-12-25(24)30(31)36-37-40)29(42)16-15-28(41)35-18-17-33(3,4)45-22-38(6)32(43)34-5/h7-14,23H,15-22H2,1-6H3,(H,34,43)(H,35,41). The second-order valence-electron chi connectivity index (χ2n) is 12.0. The molecule has 45 heavy (non-hydrogen) atoms. The summed E-state index contributed by atoms with van der Waals surface area (Å²) in [5.74, 6) is -0.365. The van der Waals surface area contributed by atoms with Crippen molar-refractivity contribution in [3.05, 3.63) is 54.1 Å². The highest BCUT2D eigenvalue weighted by Crippen LogP contribution is 2.41. The largest absolute Gasteiger partial charge is 0.377 e. The Morgan fingerprint density at radius 3 is 2.49 bits per heavy atom. The van der Waals surface area contributed by atoms with Gasteiger partial charge in [0, 0.05) is 44.6 Å². The van der Waals surface area contributed by atoms with Crippen LogP contribution in [0.5, 0.6) is 0 Å². The second-order valence-corrected chi connectivity index (χ2v) is 12.0. The predicted molar refractivity (Wildman–Crippen MR) is 172 cm³/mol. The van der Waals surface area contributed by atoms with E-state index in [9.17, 15) is 14.4 Å². The first-order valence-electron chi connectivity index (χ1n) is 15.4. The Morgan fingerprint density at radius 1 is 1.04 bits per heavy atom. The van der Waals surface area contributed by atoms with E-state index in [1.54, 1.807) is 19.0 Å². The van der Waals surface area contributed by atoms with Gasteiger partial charge in [-0.3, -0.25) is 9.59 Å². The zero-order valence-corrected chi connectivity index (χ0v) is 27.1. The van der Waals surface area contributed by atoms with Crippen LogP contribution < -0.4 is 15.5 Å². The van der Waals surface area contributed by atoms with Crippen LogP contribution in [0, 0.1) is 0 Å². The monoisotopic (exact) mass is 619 g/mol. The van der Waals surface area contributed by atoms with Crippen LogP contribution in [0.1, 0.15) is 52.5 Å². The summed E-state index contributed by atoms with van der Waals surface area (Å²) in [6.07, 6.45) is 0.732. The maximum absolute atomic E-state index is 13.8. The molecule has 2 aromatic carbocycles. The predicted octanol–water partition coefficient (Wildman–Crippen LogP) is 4.19. The Hall–Kier alpha value is -4.29. The number of benzene rings is 2. The van der Waals surface area contributed by atoms with Crippen molar-refractivity contribution in [3.63, 3.8) is 0 Å². The van der Waals surface area contributed by atoms with Crippen molar-refractivity contribution in [2.75, 3.05) is 38.9 Å². The molecule has 1 aliphatic rings. The molecule has 4 rings (SSSR count). The first-order chi connectivity index (χ1) is 21.5. The number of rotatable bonds is 13. The highest BCUT2D eigenvalue weighted by Gasteiger charge is 2.29. The van der Waals surface area contributed by atoms with Crippen LogP contribution in [0.4, 0.5) is 10.5 Å². The number of hydrogen-bond acceptors (Lipinski definition) is 7. The molecule has 0 fully saturated rings. The van der Waals surface area contributed by atoms with Crippen LogP contribution in [-0.2, 0) is 32.2 Å². The molecule has 1 aromatic heterocycles. The zero-order chi connectivity index (χ0) is 32.6. The number of urea groups is 1. The first kappa shape index (κ1) is 33.6. The summed E-state index contributed by atoms with van der Waals surface area (Å²) in [5, 5.41) is 14.5. The minimum absolute atomic E-state index is 0.0474. The van der Waals surface area contributed by atoms with E-state index in [1.165, 1.54) is 4.90 Å². The fourth-order valence-electron chi connectivity index (χ4n) is 5.11. The van der Waals surface area contributed by atoms with Crippen molar-refractivity contribution >= 4 is 23.5 Å². The maximum Gasteiger partial charge on any atom is 0.318 e. The molecule has 3 aromatic rings. The van der Waals surface area contributed by atoms with E-state index in [1.807, 2.05) is 80.9 Å². The van der Waals surface area contributed by atoms with Crippen LogP contribution >= 0.6 is 0 Å². The van der Waals surface area contributed by atoms with Gasteiger partial charge in [0.1, 0.15) is 12.4 Å². The number of aromatic nitrogens is 3. The summed E-state index contributed by atoms with van der Waals surface area (Å²) in [7, 11) is 3.20. The number of carbonyl (C=O) groups excluding carboxylic acids is 3. The average Bonchev–Trinajstić information content (AvgIpc) is 3.43. The van der Waals surface area contributed by atoms with Crippen LogP contribution in [0.2, 0.25) is 0 Å². The Balaban J connectivity index is 1.45. The molecule has 242 valence electrons. The van der Waals surface area contributed by atoms with Gasteiger partial charge in [0.2, 0.25) is 11.8 Å². The van der Waals surface area contributed by atoms with Gasteiger partial charge in [0.15, 0.2) is 0 Å². The van der Waals surface area contributed by atoms with Crippen molar-refractivity contribution in [2.45, 2.75) is 71.8 Å². The minimum Gasteiger partial charge on any atom is -0.377 e. The topological polar surface area (TPSA) is 131 Å². The highest BCUT2D eigenvalue weighted by atomic mass is 16.5. The smallest absolute Gasteiger partial charge is 0.318 e. The van der Waals surface area contributed by atoms with Gasteiger partial charge in [-0.2, -0.15) is 0 Å². The van der Waals surface area contributed by atoms with Crippen molar-refractivity contribution in [2.24, 2.45) is 0 Å². The van der Waals surface area contributed by atoms with E-state index in [-0.39, 0.29) is 43.5 Å². The third-order valence-electron chi connectivity index (χ3n) is 7.67. The Labute approximate surface area is 265 Å². The van der Waals surface area contributed by atoms with Gasteiger partial charge in [-0.1, -0.05) is 47.7 Å². The Morgan fingerprint density at radius 2 is 1.76 bits per heavy atom. The highest BCUT2D eigenvalue weighted by molar-refractivity contribution is 6.01. The van der Waals surface area contributed by atoms with E-state index < -0.39 is 5.60 Å². The van der Waals surface area contributed by atoms with Gasteiger partial charge in [0.05, 0.1) is 42.8 Å². The Kier molecular flexibility index (Phi) is 11.3. The molecule has 0 unspecified atom stereocenters. The van der Waals surface area contributed by atoms with Gasteiger partial charge in [0.25, 0.3) is 0 Å². The molecule has 0 spiro atoms. The number of fused-ring (bicyclic) bond motifs is 5. The first-order valence-corrected chi connectivity index (χ1v) is 15.4. The Bertz CT molecular complexity index is 1490. The number of anilines is 1. The number of hydrogen-bond donors (Lipinski definition) is 2. The van der Waals surface area contributed by atoms with Gasteiger partial charge >= 0.3 is 6.03 Å². The molecule has 2 N–H and O–H groups in total. The molecule has 2 heterocycles. The molecule has 0 aliphatic carbocycles. The fourth-order valence-corrected chi connectivity index (χ4v) is 5.11. The summed E-state index contributed by atoms with van der Waals surface area (Å²) in [5.41, 5.74) is 4.48. The summed E-state index contributed by atoms with van der Waals surface area (Å²) in [4.78, 5) is 41.5. The van der Waals surface area contributed by atoms with Crippen molar-refractivity contribution in [3.8, 4) is 22.5 Å². The molecular formula is C33H45N7O5. The number of amides is 4. The van der Waals surface area contributed by atoms with E-state index in [0.717, 1.165) is 33.8 Å². The molecule has 1 aliphatic heterocycles. The molecule has 0 saturated carbocycles. The molecule has 0 radical (unpaired) electrons. The summed E-state index contributed by atoms with van der Waals surface area (Å²) in [6.45, 7) is 9.63. The van der Waals surface area contributed by atoms with Gasteiger partial charge in [-0.05, 0) is 45.7 Å². The number of nitrogens with zero attached hydrogens (tertiary/aromatic N) is 5. The summed E-state index contributed by atoms with van der Waals surface area (Å²) in [6, 6.07) is 15.4. The van der Waals surface area contributed by atoms with E-state index in [4.69, 9.17) is 9.47 Å². The summed E-state index contributed by atoms with van der Waals surface area (Å²) >= 11 is 0. The van der Waals surface area contributed by atoms with Crippen molar-refractivity contribution in [1.82, 2.24) is 30.5 Å². The fraction of sp³-hybridized carbons (Fsp3) is 0.485. The van der Waals surface area contributed by atoms with Crippen molar-refractivity contribution < 1.29 is 23.9 Å². The second kappa shape index (κ2) is 15.1. The lowest BCUT2D eigenvalue weighted by Crippen LogP contribution is -2.40. The van der Waals surface area contributed by atoms with Crippen LogP contribution in [0.3, 0.4) is 0 Å².